The van der Waals surface area contributed by atoms with E-state index in [1.165, 1.54) is 11.6 Å². The third-order valence-corrected chi connectivity index (χ3v) is 5.10. The predicted octanol–water partition coefficient (Wildman–Crippen LogP) is 3.35. The lowest BCUT2D eigenvalue weighted by Gasteiger charge is -2.05. The summed E-state index contributed by atoms with van der Waals surface area (Å²) in [5.41, 5.74) is -0.396. The maximum absolute atomic E-state index is 12.6. The quantitative estimate of drug-likeness (QED) is 0.280. The number of benzene rings is 2. The van der Waals surface area contributed by atoms with E-state index in [1.54, 1.807) is 37.3 Å². The summed E-state index contributed by atoms with van der Waals surface area (Å²) >= 11 is 0. The van der Waals surface area contributed by atoms with Crippen LogP contribution in [0.4, 0.5) is 17.1 Å². The summed E-state index contributed by atoms with van der Waals surface area (Å²) in [5.74, 6) is 0. The van der Waals surface area contributed by atoms with Gasteiger partial charge in [0.05, 0.1) is 22.0 Å². The molecule has 0 spiro atoms. The molecule has 150 valence electrons. The Morgan fingerprint density at radius 3 is 2.38 bits per heavy atom. The fraction of sp³-hybridized carbons (Fsp3) is 0.118. The van der Waals surface area contributed by atoms with Crippen LogP contribution in [0.1, 0.15) is 11.3 Å². The number of nitro benzene ring substituents is 1. The van der Waals surface area contributed by atoms with Gasteiger partial charge in [-0.3, -0.25) is 24.6 Å². The molecule has 0 bridgehead atoms. The molecule has 0 unspecified atom stereocenters. The van der Waals surface area contributed by atoms with E-state index in [9.17, 15) is 27.9 Å². The predicted molar refractivity (Wildman–Crippen MR) is 103 cm³/mol. The van der Waals surface area contributed by atoms with Crippen LogP contribution in [0.5, 0.6) is 0 Å². The molecule has 11 nitrogen and oxygen atoms in total. The number of aromatic nitrogens is 2. The van der Waals surface area contributed by atoms with Gasteiger partial charge in [0, 0.05) is 12.1 Å². The molecule has 0 amide bonds. The molecule has 0 radical (unpaired) electrons. The highest BCUT2D eigenvalue weighted by Gasteiger charge is 2.22. The average molecular weight is 417 g/mol. The molecule has 0 aliphatic carbocycles. The second-order valence-corrected chi connectivity index (χ2v) is 7.47. The Morgan fingerprint density at radius 1 is 1.14 bits per heavy atom. The van der Waals surface area contributed by atoms with Crippen molar-refractivity contribution in [2.75, 3.05) is 0 Å². The van der Waals surface area contributed by atoms with Crippen molar-refractivity contribution in [3.63, 3.8) is 0 Å². The van der Waals surface area contributed by atoms with Crippen molar-refractivity contribution in [1.82, 2.24) is 9.78 Å². The topological polar surface area (TPSA) is 160 Å². The Hall–Kier alpha value is -3.64. The van der Waals surface area contributed by atoms with Crippen LogP contribution in [0.25, 0.3) is 5.69 Å². The number of nitro groups is 1. The molecule has 0 saturated heterocycles. The van der Waals surface area contributed by atoms with E-state index in [0.29, 0.717) is 11.4 Å². The van der Waals surface area contributed by atoms with Crippen molar-refractivity contribution in [1.29, 1.82) is 0 Å². The van der Waals surface area contributed by atoms with Crippen LogP contribution < -0.4 is 5.56 Å². The van der Waals surface area contributed by atoms with Gasteiger partial charge in [-0.1, -0.05) is 18.2 Å². The number of rotatable bonds is 5. The van der Waals surface area contributed by atoms with E-state index >= 15 is 0 Å². The van der Waals surface area contributed by atoms with E-state index in [0.717, 1.165) is 12.1 Å². The largest absolute Gasteiger partial charge is 0.299 e. The highest BCUT2D eigenvalue weighted by atomic mass is 32.2. The number of non-ortho nitro benzene ring substituents is 1. The van der Waals surface area contributed by atoms with Crippen LogP contribution in [-0.4, -0.2) is 27.7 Å². The molecule has 12 heteroatoms. The van der Waals surface area contributed by atoms with E-state index in [2.05, 4.69) is 15.3 Å². The maximum Gasteiger partial charge on any atom is 0.299 e. The van der Waals surface area contributed by atoms with E-state index < -0.39 is 31.2 Å². The molecule has 3 rings (SSSR count). The molecule has 0 saturated carbocycles. The zero-order valence-corrected chi connectivity index (χ0v) is 16.0. The zero-order chi connectivity index (χ0) is 21.3. The summed E-state index contributed by atoms with van der Waals surface area (Å²) in [6.07, 6.45) is 0. The van der Waals surface area contributed by atoms with Gasteiger partial charge in [0.15, 0.2) is 5.69 Å². The summed E-state index contributed by atoms with van der Waals surface area (Å²) in [4.78, 5) is 22.2. The highest BCUT2D eigenvalue weighted by molar-refractivity contribution is 7.85. The first-order chi connectivity index (χ1) is 13.6. The third-order valence-electron chi connectivity index (χ3n) is 4.12. The lowest BCUT2D eigenvalue weighted by Crippen LogP contribution is -2.13. The molecule has 1 heterocycles. The first-order valence-electron chi connectivity index (χ1n) is 8.15. The Labute approximate surface area is 164 Å². The fourth-order valence-electron chi connectivity index (χ4n) is 2.65. The Balaban J connectivity index is 2.12. The van der Waals surface area contributed by atoms with Gasteiger partial charge in [-0.25, -0.2) is 4.68 Å². The van der Waals surface area contributed by atoms with Gasteiger partial charge in [-0.15, -0.1) is 10.2 Å². The van der Waals surface area contributed by atoms with Gasteiger partial charge in [-0.05, 0) is 31.5 Å². The molecule has 29 heavy (non-hydrogen) atoms. The summed E-state index contributed by atoms with van der Waals surface area (Å²) in [5, 5.41) is 21.6. The van der Waals surface area contributed by atoms with Crippen LogP contribution in [0.2, 0.25) is 0 Å². The van der Waals surface area contributed by atoms with E-state index in [-0.39, 0.29) is 16.9 Å². The average Bonchev–Trinajstić information content (AvgIpc) is 2.94. The minimum atomic E-state index is -4.72. The van der Waals surface area contributed by atoms with Crippen molar-refractivity contribution in [2.45, 2.75) is 18.7 Å². The number of hydrogen-bond donors (Lipinski definition) is 2. The second kappa shape index (κ2) is 7.41. The lowest BCUT2D eigenvalue weighted by atomic mass is 10.2. The number of azo groups is 1. The second-order valence-electron chi connectivity index (χ2n) is 6.08. The number of para-hydroxylation sites is 1. The van der Waals surface area contributed by atoms with Gasteiger partial charge >= 0.3 is 0 Å². The molecule has 3 aromatic rings. The van der Waals surface area contributed by atoms with Crippen LogP contribution in [0.3, 0.4) is 0 Å². The van der Waals surface area contributed by atoms with Crippen LogP contribution >= 0.6 is 0 Å². The number of aryl methyl sites for hydroxylation is 1. The molecule has 0 atom stereocenters. The summed E-state index contributed by atoms with van der Waals surface area (Å²) in [7, 11) is -4.72. The van der Waals surface area contributed by atoms with Crippen LogP contribution in [0.15, 0.2) is 62.4 Å². The fourth-order valence-corrected chi connectivity index (χ4v) is 3.42. The molecular formula is C17H15N5O6S. The molecule has 1 aromatic heterocycles. The first-order valence-corrected chi connectivity index (χ1v) is 9.59. The zero-order valence-electron chi connectivity index (χ0n) is 15.2. The van der Waals surface area contributed by atoms with E-state index in [4.69, 9.17) is 0 Å². The number of H-pyrrole nitrogens is 1. The van der Waals surface area contributed by atoms with Crippen molar-refractivity contribution in [3.8, 4) is 5.69 Å². The molecule has 0 aliphatic rings. The minimum absolute atomic E-state index is 0.0431. The van der Waals surface area contributed by atoms with Gasteiger partial charge in [0.25, 0.3) is 21.4 Å². The molecule has 2 N–H and O–H groups in total. The Morgan fingerprint density at radius 2 is 1.79 bits per heavy atom. The molecule has 2 aromatic carbocycles. The number of aromatic amines is 1. The number of hydrogen-bond acceptors (Lipinski definition) is 7. The van der Waals surface area contributed by atoms with Crippen LogP contribution in [0, 0.1) is 24.0 Å². The normalized spacial score (nSPS) is 11.8. The maximum atomic E-state index is 12.6. The minimum Gasteiger partial charge on any atom is -0.293 e. The third kappa shape index (κ3) is 3.97. The van der Waals surface area contributed by atoms with Crippen LogP contribution in [-0.2, 0) is 10.1 Å². The van der Waals surface area contributed by atoms with Crippen molar-refractivity contribution >= 4 is 27.2 Å². The summed E-state index contributed by atoms with van der Waals surface area (Å²) in [6, 6.07) is 10.5. The summed E-state index contributed by atoms with van der Waals surface area (Å²) in [6.45, 7) is 2.91. The van der Waals surface area contributed by atoms with Gasteiger partial charge in [-0.2, -0.15) is 8.42 Å². The van der Waals surface area contributed by atoms with Crippen molar-refractivity contribution in [2.24, 2.45) is 10.2 Å². The highest BCUT2D eigenvalue weighted by Crippen LogP contribution is 2.32. The standard InChI is InChI=1S/C17H15N5O6S/c1-10-14(8-13(22(24)25)9-15(10)29(26,27)28)18-19-16-11(2)20-21(17(16)23)12-6-4-3-5-7-12/h3-9,20H,1-2H3,(H,26,27,28). The summed E-state index contributed by atoms with van der Waals surface area (Å²) < 4.78 is 33.6. The number of nitrogens with one attached hydrogen (secondary N) is 1. The van der Waals surface area contributed by atoms with Crippen molar-refractivity contribution < 1.29 is 17.9 Å². The van der Waals surface area contributed by atoms with Gasteiger partial charge < -0.3 is 0 Å². The lowest BCUT2D eigenvalue weighted by molar-refractivity contribution is -0.385. The molecule has 0 aliphatic heterocycles. The monoisotopic (exact) mass is 417 g/mol. The Bertz CT molecular complexity index is 1290. The molecular weight excluding hydrogens is 402 g/mol. The molecule has 0 fully saturated rings. The van der Waals surface area contributed by atoms with Gasteiger partial charge in [0.1, 0.15) is 4.90 Å². The van der Waals surface area contributed by atoms with E-state index in [1.807, 2.05) is 0 Å². The smallest absolute Gasteiger partial charge is 0.293 e. The SMILES string of the molecule is Cc1[nH]n(-c2ccccc2)c(=O)c1N=Nc1cc([N+](=O)[O-])cc(S(=O)(=O)O)c1C. The van der Waals surface area contributed by atoms with Crippen molar-refractivity contribution in [3.05, 3.63) is 74.2 Å². The number of nitrogens with zero attached hydrogens (tertiary/aromatic N) is 4. The Kier molecular flexibility index (Phi) is 5.14. The first kappa shape index (κ1) is 20.1. The van der Waals surface area contributed by atoms with Gasteiger partial charge in [0.2, 0.25) is 0 Å².